The Morgan fingerprint density at radius 1 is 1.33 bits per heavy atom. The zero-order valence-electron chi connectivity index (χ0n) is 8.14. The third-order valence-electron chi connectivity index (χ3n) is 2.67. The lowest BCUT2D eigenvalue weighted by molar-refractivity contribution is -0.124. The monoisotopic (exact) mass is 218 g/mol. The minimum Gasteiger partial charge on any atom is -0.290 e. The summed E-state index contributed by atoms with van der Waals surface area (Å²) < 4.78 is 0. The summed E-state index contributed by atoms with van der Waals surface area (Å²) in [7, 11) is 0. The van der Waals surface area contributed by atoms with Crippen LogP contribution in [-0.4, -0.2) is 28.3 Å². The first-order valence-electron chi connectivity index (χ1n) is 4.94. The molecule has 3 nitrogen and oxygen atoms in total. The van der Waals surface area contributed by atoms with Gasteiger partial charge in [0.1, 0.15) is 0 Å². The highest BCUT2D eigenvalue weighted by Gasteiger charge is 2.29. The van der Waals surface area contributed by atoms with Gasteiger partial charge in [0.2, 0.25) is 5.91 Å². The van der Waals surface area contributed by atoms with Gasteiger partial charge in [-0.3, -0.25) is 9.69 Å². The maximum absolute atomic E-state index is 11.5. The van der Waals surface area contributed by atoms with Gasteiger partial charge in [0.25, 0.3) is 0 Å². The number of aliphatic imine (C=N–C) groups is 1. The Hall–Kier alpha value is -1.29. The highest BCUT2D eigenvalue weighted by atomic mass is 32.2. The largest absolute Gasteiger partial charge is 0.290 e. The summed E-state index contributed by atoms with van der Waals surface area (Å²) in [6.07, 6.45) is 0.898. The molecule has 0 saturated carbocycles. The minimum atomic E-state index is 0.187. The van der Waals surface area contributed by atoms with E-state index >= 15 is 0 Å². The normalized spacial score (nSPS) is 19.3. The fraction of sp³-hybridized carbons (Fsp3) is 0.273. The molecule has 1 fully saturated rings. The van der Waals surface area contributed by atoms with Crippen LogP contribution in [0.25, 0.3) is 0 Å². The van der Waals surface area contributed by atoms with Gasteiger partial charge < -0.3 is 0 Å². The van der Waals surface area contributed by atoms with Crippen LogP contribution >= 0.6 is 11.8 Å². The molecule has 0 spiro atoms. The maximum Gasteiger partial charge on any atom is 0.239 e. The molecule has 0 unspecified atom stereocenters. The Morgan fingerprint density at radius 3 is 3.13 bits per heavy atom. The zero-order valence-corrected chi connectivity index (χ0v) is 8.96. The van der Waals surface area contributed by atoms with Crippen LogP contribution in [0, 0.1) is 0 Å². The van der Waals surface area contributed by atoms with Crippen LogP contribution in [0.2, 0.25) is 0 Å². The van der Waals surface area contributed by atoms with Crippen LogP contribution in [-0.2, 0) is 11.2 Å². The van der Waals surface area contributed by atoms with Gasteiger partial charge in [-0.15, -0.1) is 0 Å². The first-order chi connectivity index (χ1) is 7.34. The molecule has 76 valence electrons. The molecule has 2 heterocycles. The molecule has 1 aromatic rings. The summed E-state index contributed by atoms with van der Waals surface area (Å²) in [5.41, 5.74) is 2.24. The Morgan fingerprint density at radius 2 is 2.20 bits per heavy atom. The van der Waals surface area contributed by atoms with E-state index in [0.717, 1.165) is 23.8 Å². The zero-order chi connectivity index (χ0) is 10.3. The molecule has 0 atom stereocenters. The number of para-hydroxylation sites is 1. The molecule has 2 aliphatic rings. The van der Waals surface area contributed by atoms with Gasteiger partial charge in [-0.05, 0) is 18.1 Å². The smallest absolute Gasteiger partial charge is 0.239 e. The third-order valence-corrected chi connectivity index (χ3v) is 3.63. The number of thioether (sulfide) groups is 1. The van der Waals surface area contributed by atoms with Crippen molar-refractivity contribution >= 4 is 28.5 Å². The van der Waals surface area contributed by atoms with Gasteiger partial charge >= 0.3 is 0 Å². The van der Waals surface area contributed by atoms with Gasteiger partial charge in [0.05, 0.1) is 11.4 Å². The molecular weight excluding hydrogens is 208 g/mol. The van der Waals surface area contributed by atoms with Crippen LogP contribution in [0.1, 0.15) is 5.56 Å². The second kappa shape index (κ2) is 3.38. The van der Waals surface area contributed by atoms with Crippen molar-refractivity contribution in [1.29, 1.82) is 0 Å². The van der Waals surface area contributed by atoms with Crippen molar-refractivity contribution in [2.75, 3.05) is 12.3 Å². The minimum absolute atomic E-state index is 0.187. The van der Waals surface area contributed by atoms with Crippen LogP contribution in [0.4, 0.5) is 5.69 Å². The van der Waals surface area contributed by atoms with Crippen molar-refractivity contribution in [2.45, 2.75) is 6.42 Å². The number of hydrogen-bond acceptors (Lipinski definition) is 3. The molecule has 2 aliphatic heterocycles. The van der Waals surface area contributed by atoms with Gasteiger partial charge in [-0.25, -0.2) is 4.99 Å². The molecule has 15 heavy (non-hydrogen) atoms. The van der Waals surface area contributed by atoms with Crippen LogP contribution in [0.3, 0.4) is 0 Å². The molecule has 1 aromatic carbocycles. The summed E-state index contributed by atoms with van der Waals surface area (Å²) in [4.78, 5) is 17.9. The van der Waals surface area contributed by atoms with Gasteiger partial charge in [0, 0.05) is 6.54 Å². The average molecular weight is 218 g/mol. The number of carbonyl (C=O) groups is 1. The fourth-order valence-corrected chi connectivity index (χ4v) is 2.79. The molecule has 4 heteroatoms. The van der Waals surface area contributed by atoms with E-state index in [1.807, 2.05) is 18.2 Å². The molecule has 0 bridgehead atoms. The average Bonchev–Trinajstić information content (AvgIpc) is 2.51. The predicted molar refractivity (Wildman–Crippen MR) is 61.4 cm³/mol. The van der Waals surface area contributed by atoms with Crippen molar-refractivity contribution in [2.24, 2.45) is 4.99 Å². The Balaban J connectivity index is 2.07. The Kier molecular flexibility index (Phi) is 2.02. The van der Waals surface area contributed by atoms with Crippen molar-refractivity contribution in [3.8, 4) is 0 Å². The highest BCUT2D eigenvalue weighted by molar-refractivity contribution is 8.15. The second-order valence-corrected chi connectivity index (χ2v) is 4.55. The number of rotatable bonds is 0. The van der Waals surface area contributed by atoms with E-state index in [-0.39, 0.29) is 5.91 Å². The molecule has 0 N–H and O–H groups in total. The van der Waals surface area contributed by atoms with E-state index in [4.69, 9.17) is 0 Å². The second-order valence-electron chi connectivity index (χ2n) is 3.61. The van der Waals surface area contributed by atoms with Gasteiger partial charge in [-0.1, -0.05) is 30.0 Å². The van der Waals surface area contributed by atoms with Crippen molar-refractivity contribution in [3.63, 3.8) is 0 Å². The summed E-state index contributed by atoms with van der Waals surface area (Å²) in [5, 5.41) is 0.866. The number of nitrogens with zero attached hydrogens (tertiary/aromatic N) is 2. The van der Waals surface area contributed by atoms with E-state index in [2.05, 4.69) is 11.1 Å². The maximum atomic E-state index is 11.5. The van der Waals surface area contributed by atoms with E-state index in [1.165, 1.54) is 17.3 Å². The summed E-state index contributed by atoms with van der Waals surface area (Å²) in [5.74, 6) is 0.729. The van der Waals surface area contributed by atoms with Crippen LogP contribution < -0.4 is 0 Å². The molecule has 1 saturated heterocycles. The van der Waals surface area contributed by atoms with Crippen molar-refractivity contribution in [1.82, 2.24) is 4.90 Å². The summed E-state index contributed by atoms with van der Waals surface area (Å²) >= 11 is 1.54. The number of amidine groups is 1. The number of amides is 1. The topological polar surface area (TPSA) is 32.7 Å². The number of fused-ring (bicyclic) bond motifs is 2. The van der Waals surface area contributed by atoms with Crippen LogP contribution in [0.15, 0.2) is 29.3 Å². The standard InChI is InChI=1S/C11H10N2OS/c14-10-7-15-11-12-9-4-2-1-3-8(9)5-6-13(10)11/h1-4H,5-7H2. The lowest BCUT2D eigenvalue weighted by Gasteiger charge is -2.12. The fourth-order valence-electron chi connectivity index (χ4n) is 1.87. The molecule has 0 radical (unpaired) electrons. The lowest BCUT2D eigenvalue weighted by atomic mass is 10.1. The number of benzene rings is 1. The first-order valence-corrected chi connectivity index (χ1v) is 5.93. The van der Waals surface area contributed by atoms with E-state index in [0.29, 0.717) is 5.75 Å². The molecule has 0 aromatic heterocycles. The Labute approximate surface area is 92.2 Å². The first kappa shape index (κ1) is 8.97. The predicted octanol–water partition coefficient (Wildman–Crippen LogP) is 1.81. The quantitative estimate of drug-likeness (QED) is 0.665. The highest BCUT2D eigenvalue weighted by Crippen LogP contribution is 2.29. The number of hydrogen-bond donors (Lipinski definition) is 0. The van der Waals surface area contributed by atoms with Gasteiger partial charge in [-0.2, -0.15) is 0 Å². The van der Waals surface area contributed by atoms with Gasteiger partial charge in [0.15, 0.2) is 5.17 Å². The van der Waals surface area contributed by atoms with E-state index < -0.39 is 0 Å². The number of carbonyl (C=O) groups excluding carboxylic acids is 1. The molecule has 0 aliphatic carbocycles. The molecule has 1 amide bonds. The van der Waals surface area contributed by atoms with E-state index in [1.54, 1.807) is 4.90 Å². The van der Waals surface area contributed by atoms with E-state index in [9.17, 15) is 4.79 Å². The summed E-state index contributed by atoms with van der Waals surface area (Å²) in [6, 6.07) is 8.09. The lowest BCUT2D eigenvalue weighted by Crippen LogP contribution is -2.30. The van der Waals surface area contributed by atoms with Crippen molar-refractivity contribution in [3.05, 3.63) is 29.8 Å². The molecular formula is C11H10N2OS. The third kappa shape index (κ3) is 1.45. The summed E-state index contributed by atoms with van der Waals surface area (Å²) in [6.45, 7) is 0.766. The molecule has 3 rings (SSSR count). The van der Waals surface area contributed by atoms with Crippen LogP contribution in [0.5, 0.6) is 0 Å². The van der Waals surface area contributed by atoms with Crippen molar-refractivity contribution < 1.29 is 4.79 Å². The SMILES string of the molecule is O=C1CSC2=Nc3ccccc3CCN12. The Bertz CT molecular complexity index is 456.